The minimum atomic E-state index is 0.730. The summed E-state index contributed by atoms with van der Waals surface area (Å²) in [6.07, 6.45) is 0. The van der Waals surface area contributed by atoms with Crippen LogP contribution in [0.3, 0.4) is 0 Å². The Labute approximate surface area is 74.1 Å². The van der Waals surface area contributed by atoms with Gasteiger partial charge in [-0.3, -0.25) is 0 Å². The molecule has 1 rings (SSSR count). The van der Waals surface area contributed by atoms with Crippen LogP contribution in [-0.2, 0) is 4.89 Å². The van der Waals surface area contributed by atoms with Gasteiger partial charge in [0, 0.05) is 0 Å². The first kappa shape index (κ1) is 11.0. The monoisotopic (exact) mass is 168 g/mol. The van der Waals surface area contributed by atoms with E-state index in [2.05, 4.69) is 4.89 Å². The molecule has 0 amide bonds. The Morgan fingerprint density at radius 1 is 1.00 bits per heavy atom. The highest BCUT2D eigenvalue weighted by atomic mass is 17.2. The first-order chi connectivity index (χ1) is 5.83. The number of hydrogen-bond donors (Lipinski definition) is 0. The van der Waals surface area contributed by atoms with Gasteiger partial charge in [-0.1, -0.05) is 31.5 Å². The minimum Gasteiger partial charge on any atom is -0.338 e. The predicted molar refractivity (Wildman–Crippen MR) is 50.2 cm³/mol. The molecule has 1 aromatic carbocycles. The molecule has 68 valence electrons. The largest absolute Gasteiger partial charge is 0.338 e. The Bertz CT molecular complexity index is 191. The molecule has 0 saturated carbocycles. The smallest absolute Gasteiger partial charge is 0.165 e. The number of benzene rings is 1. The molecular formula is C10H16O2. The van der Waals surface area contributed by atoms with Crippen molar-refractivity contribution in [3.05, 3.63) is 29.8 Å². The van der Waals surface area contributed by atoms with Crippen molar-refractivity contribution < 1.29 is 9.78 Å². The summed E-state index contributed by atoms with van der Waals surface area (Å²) in [5.41, 5.74) is 1.21. The molecule has 1 aromatic rings. The van der Waals surface area contributed by atoms with Crippen molar-refractivity contribution in [3.63, 3.8) is 0 Å². The molecule has 0 radical (unpaired) electrons. The number of aryl methyl sites for hydroxylation is 1. The van der Waals surface area contributed by atoms with Crippen molar-refractivity contribution in [2.24, 2.45) is 0 Å². The van der Waals surface area contributed by atoms with Crippen LogP contribution in [0.2, 0.25) is 0 Å². The van der Waals surface area contributed by atoms with Gasteiger partial charge < -0.3 is 4.89 Å². The molecule has 0 N–H and O–H groups in total. The summed E-state index contributed by atoms with van der Waals surface area (Å²) in [6, 6.07) is 7.65. The summed E-state index contributed by atoms with van der Waals surface area (Å²) in [5, 5.41) is 0. The molecule has 2 nitrogen and oxygen atoms in total. The summed E-state index contributed by atoms with van der Waals surface area (Å²) in [4.78, 5) is 9.23. The van der Waals surface area contributed by atoms with Crippen LogP contribution in [-0.4, -0.2) is 7.11 Å². The second-order valence-electron chi connectivity index (χ2n) is 2.06. The van der Waals surface area contributed by atoms with Crippen molar-refractivity contribution in [1.82, 2.24) is 0 Å². The van der Waals surface area contributed by atoms with E-state index in [-0.39, 0.29) is 0 Å². The molecule has 0 heterocycles. The van der Waals surface area contributed by atoms with Crippen LogP contribution in [0.15, 0.2) is 24.3 Å². The van der Waals surface area contributed by atoms with Gasteiger partial charge in [0.15, 0.2) is 5.75 Å². The lowest BCUT2D eigenvalue weighted by Crippen LogP contribution is -1.89. The van der Waals surface area contributed by atoms with Gasteiger partial charge >= 0.3 is 0 Å². The summed E-state index contributed by atoms with van der Waals surface area (Å²) >= 11 is 0. The SMILES string of the molecule is CC.COOc1ccc(C)cc1. The van der Waals surface area contributed by atoms with Gasteiger partial charge in [0.1, 0.15) is 0 Å². The molecule has 0 aliphatic heterocycles. The maximum atomic E-state index is 4.76. The first-order valence-electron chi connectivity index (χ1n) is 4.10. The van der Waals surface area contributed by atoms with Gasteiger partial charge in [0.25, 0.3) is 0 Å². The molecule has 0 fully saturated rings. The molecule has 0 spiro atoms. The molecule has 0 atom stereocenters. The van der Waals surface area contributed by atoms with Crippen molar-refractivity contribution in [3.8, 4) is 5.75 Å². The van der Waals surface area contributed by atoms with Crippen LogP contribution >= 0.6 is 0 Å². The lowest BCUT2D eigenvalue weighted by Gasteiger charge is -1.99. The standard InChI is InChI=1S/C8H10O2.C2H6/c1-7-3-5-8(6-4-7)10-9-2;1-2/h3-6H,1-2H3;1-2H3. The highest BCUT2D eigenvalue weighted by Crippen LogP contribution is 2.10. The second kappa shape index (κ2) is 6.68. The fraction of sp³-hybridized carbons (Fsp3) is 0.400. The Morgan fingerprint density at radius 3 is 1.92 bits per heavy atom. The maximum absolute atomic E-state index is 4.76. The zero-order valence-corrected chi connectivity index (χ0v) is 8.13. The van der Waals surface area contributed by atoms with Gasteiger partial charge in [0.2, 0.25) is 0 Å². The van der Waals surface area contributed by atoms with E-state index in [0.29, 0.717) is 0 Å². The molecule has 0 aliphatic carbocycles. The van der Waals surface area contributed by atoms with E-state index in [9.17, 15) is 0 Å². The van der Waals surface area contributed by atoms with Crippen LogP contribution < -0.4 is 4.89 Å². The third-order valence-electron chi connectivity index (χ3n) is 1.20. The highest BCUT2D eigenvalue weighted by molar-refractivity contribution is 5.25. The molecule has 12 heavy (non-hydrogen) atoms. The number of rotatable bonds is 2. The molecule has 2 heteroatoms. The van der Waals surface area contributed by atoms with E-state index in [1.54, 1.807) is 0 Å². The van der Waals surface area contributed by atoms with E-state index in [4.69, 9.17) is 4.89 Å². The van der Waals surface area contributed by atoms with E-state index in [1.807, 2.05) is 45.0 Å². The summed E-state index contributed by atoms with van der Waals surface area (Å²) in [5.74, 6) is 0.730. The third-order valence-corrected chi connectivity index (χ3v) is 1.20. The molecule has 0 unspecified atom stereocenters. The van der Waals surface area contributed by atoms with Crippen LogP contribution in [0.5, 0.6) is 5.75 Å². The molecule has 0 aromatic heterocycles. The van der Waals surface area contributed by atoms with E-state index in [1.165, 1.54) is 12.7 Å². The third kappa shape index (κ3) is 3.98. The Kier molecular flexibility index (Phi) is 6.11. The quantitative estimate of drug-likeness (QED) is 0.499. The minimum absolute atomic E-state index is 0.730. The number of hydrogen-bond acceptors (Lipinski definition) is 2. The molecule has 0 bridgehead atoms. The lowest BCUT2D eigenvalue weighted by molar-refractivity contribution is -0.178. The zero-order valence-electron chi connectivity index (χ0n) is 8.13. The molecule has 0 aliphatic rings. The summed E-state index contributed by atoms with van der Waals surface area (Å²) in [7, 11) is 1.49. The molecular weight excluding hydrogens is 152 g/mol. The zero-order chi connectivity index (χ0) is 9.40. The summed E-state index contributed by atoms with van der Waals surface area (Å²) in [6.45, 7) is 6.02. The normalized spacial score (nSPS) is 8.33. The van der Waals surface area contributed by atoms with Gasteiger partial charge in [0.05, 0.1) is 7.11 Å². The average molecular weight is 168 g/mol. The highest BCUT2D eigenvalue weighted by Gasteiger charge is 1.89. The van der Waals surface area contributed by atoms with Crippen LogP contribution in [0.25, 0.3) is 0 Å². The fourth-order valence-electron chi connectivity index (χ4n) is 0.690. The van der Waals surface area contributed by atoms with Gasteiger partial charge in [-0.05, 0) is 19.1 Å². The Balaban J connectivity index is 0.000000561. The van der Waals surface area contributed by atoms with Crippen molar-refractivity contribution in [2.45, 2.75) is 20.8 Å². The van der Waals surface area contributed by atoms with Crippen LogP contribution in [0.4, 0.5) is 0 Å². The predicted octanol–water partition coefficient (Wildman–Crippen LogP) is 2.96. The summed E-state index contributed by atoms with van der Waals surface area (Å²) < 4.78 is 0. The second-order valence-corrected chi connectivity index (χ2v) is 2.06. The average Bonchev–Trinajstić information content (AvgIpc) is 2.13. The van der Waals surface area contributed by atoms with Crippen LogP contribution in [0, 0.1) is 6.92 Å². The Hall–Kier alpha value is -1.02. The van der Waals surface area contributed by atoms with Gasteiger partial charge in [-0.2, -0.15) is 4.89 Å². The van der Waals surface area contributed by atoms with Crippen molar-refractivity contribution in [1.29, 1.82) is 0 Å². The molecule has 0 saturated heterocycles. The van der Waals surface area contributed by atoms with E-state index < -0.39 is 0 Å². The first-order valence-corrected chi connectivity index (χ1v) is 4.10. The van der Waals surface area contributed by atoms with E-state index >= 15 is 0 Å². The lowest BCUT2D eigenvalue weighted by atomic mass is 10.2. The van der Waals surface area contributed by atoms with E-state index in [0.717, 1.165) is 5.75 Å². The van der Waals surface area contributed by atoms with Crippen molar-refractivity contribution in [2.75, 3.05) is 7.11 Å². The van der Waals surface area contributed by atoms with Gasteiger partial charge in [-0.15, -0.1) is 0 Å². The maximum Gasteiger partial charge on any atom is 0.165 e. The van der Waals surface area contributed by atoms with Gasteiger partial charge in [-0.25, -0.2) is 0 Å². The van der Waals surface area contributed by atoms with Crippen molar-refractivity contribution >= 4 is 0 Å². The Morgan fingerprint density at radius 2 is 1.50 bits per heavy atom. The fourth-order valence-corrected chi connectivity index (χ4v) is 0.690. The van der Waals surface area contributed by atoms with Crippen LogP contribution in [0.1, 0.15) is 19.4 Å². The topological polar surface area (TPSA) is 18.5 Å².